The summed E-state index contributed by atoms with van der Waals surface area (Å²) >= 11 is 7.56. The molecule has 1 atom stereocenters. The van der Waals surface area contributed by atoms with Gasteiger partial charge in [-0.2, -0.15) is 0 Å². The largest absolute Gasteiger partial charge is 0.497 e. The van der Waals surface area contributed by atoms with Crippen LogP contribution in [0.1, 0.15) is 36.6 Å². The highest BCUT2D eigenvalue weighted by atomic mass is 35.5. The summed E-state index contributed by atoms with van der Waals surface area (Å²) in [7, 11) is 3.04. The lowest BCUT2D eigenvalue weighted by atomic mass is 9.94. The molecule has 0 fully saturated rings. The number of hydrogen-bond donors (Lipinski definition) is 0. The fourth-order valence-electron chi connectivity index (χ4n) is 5.64. The number of anilines is 1. The smallest absolute Gasteiger partial charge is 0.338 e. The van der Waals surface area contributed by atoms with Crippen LogP contribution in [-0.4, -0.2) is 37.3 Å². The minimum atomic E-state index is -0.948. The third-order valence-electron chi connectivity index (χ3n) is 7.66. The number of amides is 1. The van der Waals surface area contributed by atoms with Crippen LogP contribution in [0.4, 0.5) is 5.69 Å². The van der Waals surface area contributed by atoms with Crippen LogP contribution in [0.25, 0.3) is 5.57 Å². The molecule has 4 aromatic rings. The molecule has 3 heterocycles. The van der Waals surface area contributed by atoms with Crippen LogP contribution in [0, 0.1) is 0 Å². The van der Waals surface area contributed by atoms with Crippen molar-refractivity contribution >= 4 is 46.1 Å². The lowest BCUT2D eigenvalue weighted by Gasteiger charge is -2.26. The first kappa shape index (κ1) is 29.4. The van der Waals surface area contributed by atoms with E-state index in [1.807, 2.05) is 42.5 Å². The number of carbonyl (C=O) groups is 2. The molecule has 9 nitrogen and oxygen atoms in total. The third-order valence-corrected chi connectivity index (χ3v) is 9.08. The molecular formula is C33H28ClN3O6S. The van der Waals surface area contributed by atoms with Crippen molar-refractivity contribution in [1.82, 2.24) is 4.57 Å². The Balaban J connectivity index is 1.61. The molecule has 224 valence electrons. The normalized spacial score (nSPS) is 16.8. The van der Waals surface area contributed by atoms with Gasteiger partial charge in [-0.25, -0.2) is 9.79 Å². The molecule has 0 radical (unpaired) electrons. The third kappa shape index (κ3) is 4.80. The quantitative estimate of drug-likeness (QED) is 0.281. The highest BCUT2D eigenvalue weighted by Gasteiger charge is 2.38. The van der Waals surface area contributed by atoms with Gasteiger partial charge in [0.2, 0.25) is 0 Å². The van der Waals surface area contributed by atoms with E-state index in [0.29, 0.717) is 43.8 Å². The first-order valence-corrected chi connectivity index (χ1v) is 15.1. The number of nitrogens with zero attached hydrogens (tertiary/aromatic N) is 3. The molecule has 6 rings (SSSR count). The SMILES string of the molecule is CCOC(=O)C1=C(C)N=c2s/c(=C3/C(=O)N(Cc4ccccc4Cl)c4ccccc43)c(=O)n2[C@@H]1c1cc(OC)ccc1OC. The van der Waals surface area contributed by atoms with Crippen molar-refractivity contribution in [3.05, 3.63) is 119 Å². The van der Waals surface area contributed by atoms with Crippen molar-refractivity contribution in [1.29, 1.82) is 0 Å². The van der Waals surface area contributed by atoms with Gasteiger partial charge in [0.05, 0.1) is 49.9 Å². The number of benzene rings is 3. The lowest BCUT2D eigenvalue weighted by molar-refractivity contribution is -0.139. The molecule has 2 aliphatic rings. The molecule has 1 aromatic heterocycles. The van der Waals surface area contributed by atoms with E-state index in [9.17, 15) is 14.4 Å². The van der Waals surface area contributed by atoms with E-state index in [-0.39, 0.29) is 34.7 Å². The Morgan fingerprint density at radius 3 is 2.50 bits per heavy atom. The number of ether oxygens (including phenoxy) is 3. The first-order valence-electron chi connectivity index (χ1n) is 13.9. The van der Waals surface area contributed by atoms with Crippen molar-refractivity contribution in [3.8, 4) is 11.5 Å². The second-order valence-electron chi connectivity index (χ2n) is 10.1. The van der Waals surface area contributed by atoms with Crippen LogP contribution < -0.4 is 29.3 Å². The van der Waals surface area contributed by atoms with Crippen molar-refractivity contribution in [2.45, 2.75) is 26.4 Å². The lowest BCUT2D eigenvalue weighted by Crippen LogP contribution is -2.41. The number of aromatic nitrogens is 1. The second kappa shape index (κ2) is 11.8. The number of rotatable bonds is 7. The topological polar surface area (TPSA) is 99.4 Å². The Bertz CT molecular complexity index is 2050. The molecule has 3 aromatic carbocycles. The number of fused-ring (bicyclic) bond motifs is 2. The van der Waals surface area contributed by atoms with E-state index in [2.05, 4.69) is 4.99 Å². The summed E-state index contributed by atoms with van der Waals surface area (Å²) in [5.41, 5.74) is 3.00. The average molecular weight is 630 g/mol. The molecule has 2 aliphatic heterocycles. The van der Waals surface area contributed by atoms with Gasteiger partial charge >= 0.3 is 5.97 Å². The fraction of sp³-hybridized carbons (Fsp3) is 0.212. The molecule has 0 spiro atoms. The van der Waals surface area contributed by atoms with E-state index in [0.717, 1.165) is 16.9 Å². The van der Waals surface area contributed by atoms with E-state index in [1.54, 1.807) is 43.0 Å². The summed E-state index contributed by atoms with van der Waals surface area (Å²) in [6.07, 6.45) is 0. The van der Waals surface area contributed by atoms with Crippen LogP contribution >= 0.6 is 22.9 Å². The molecule has 0 aliphatic carbocycles. The minimum absolute atomic E-state index is 0.138. The number of esters is 1. The Hall–Kier alpha value is -4.67. The number of thiazole rings is 1. The number of allylic oxidation sites excluding steroid dienone is 1. The molecule has 0 unspecified atom stereocenters. The summed E-state index contributed by atoms with van der Waals surface area (Å²) in [5, 5.41) is 0.541. The summed E-state index contributed by atoms with van der Waals surface area (Å²) < 4.78 is 18.2. The van der Waals surface area contributed by atoms with Crippen LogP contribution in [0.2, 0.25) is 5.02 Å². The van der Waals surface area contributed by atoms with Gasteiger partial charge in [-0.1, -0.05) is 59.3 Å². The van der Waals surface area contributed by atoms with Crippen molar-refractivity contribution < 1.29 is 23.8 Å². The summed E-state index contributed by atoms with van der Waals surface area (Å²) in [6, 6.07) is 18.9. The van der Waals surface area contributed by atoms with E-state index >= 15 is 0 Å². The molecule has 44 heavy (non-hydrogen) atoms. The molecule has 11 heteroatoms. The predicted molar refractivity (Wildman–Crippen MR) is 168 cm³/mol. The number of carbonyl (C=O) groups excluding carboxylic acids is 2. The highest BCUT2D eigenvalue weighted by molar-refractivity contribution is 7.07. The summed E-state index contributed by atoms with van der Waals surface area (Å²) in [5.74, 6) is 0.0282. The Kier molecular flexibility index (Phi) is 7.87. The second-order valence-corrected chi connectivity index (χ2v) is 11.5. The highest BCUT2D eigenvalue weighted by Crippen LogP contribution is 2.39. The first-order chi connectivity index (χ1) is 21.3. The maximum Gasteiger partial charge on any atom is 0.338 e. The predicted octanol–water partition coefficient (Wildman–Crippen LogP) is 4.39. The van der Waals surface area contributed by atoms with Gasteiger partial charge in [0.15, 0.2) is 4.80 Å². The summed E-state index contributed by atoms with van der Waals surface area (Å²) in [6.45, 7) is 3.78. The number of hydrogen-bond acceptors (Lipinski definition) is 8. The average Bonchev–Trinajstić information content (AvgIpc) is 3.49. The standard InChI is InChI=1S/C33H28ClN3O6S/c1-5-43-32(40)26-18(2)35-33-37(28(26)22-16-20(41-3)14-15-25(22)42-4)31(39)29(44-33)27-21-11-7-9-13-24(21)36(30(27)38)17-19-10-6-8-12-23(19)34/h6-16,28H,5,17H2,1-4H3/b29-27+/t28-/m1/s1. The van der Waals surface area contributed by atoms with Gasteiger partial charge in [-0.05, 0) is 49.7 Å². The van der Waals surface area contributed by atoms with E-state index < -0.39 is 17.6 Å². The maximum absolute atomic E-state index is 14.5. The summed E-state index contributed by atoms with van der Waals surface area (Å²) in [4.78, 5) is 48.7. The number of para-hydroxylation sites is 1. The zero-order valence-corrected chi connectivity index (χ0v) is 26.0. The Labute approximate surface area is 261 Å². The van der Waals surface area contributed by atoms with E-state index in [4.69, 9.17) is 25.8 Å². The number of methoxy groups -OCH3 is 2. The molecule has 0 saturated carbocycles. The van der Waals surface area contributed by atoms with Crippen molar-refractivity contribution in [3.63, 3.8) is 0 Å². The Morgan fingerprint density at radius 1 is 1.02 bits per heavy atom. The van der Waals surface area contributed by atoms with Gasteiger partial charge in [-0.15, -0.1) is 0 Å². The number of halogens is 1. The van der Waals surface area contributed by atoms with Crippen LogP contribution in [0.3, 0.4) is 0 Å². The van der Waals surface area contributed by atoms with Gasteiger partial charge in [0, 0.05) is 16.1 Å². The monoisotopic (exact) mass is 629 g/mol. The van der Waals surface area contributed by atoms with Gasteiger partial charge < -0.3 is 19.1 Å². The maximum atomic E-state index is 14.5. The van der Waals surface area contributed by atoms with E-state index in [1.165, 1.54) is 18.8 Å². The molecule has 0 saturated heterocycles. The molecule has 0 bridgehead atoms. The van der Waals surface area contributed by atoms with Crippen LogP contribution in [-0.2, 0) is 20.9 Å². The minimum Gasteiger partial charge on any atom is -0.497 e. The van der Waals surface area contributed by atoms with Crippen LogP contribution in [0.15, 0.2) is 87.8 Å². The molecule has 0 N–H and O–H groups in total. The molecular weight excluding hydrogens is 602 g/mol. The van der Waals surface area contributed by atoms with Crippen molar-refractivity contribution in [2.75, 3.05) is 25.7 Å². The fourth-order valence-corrected chi connectivity index (χ4v) is 6.97. The zero-order valence-electron chi connectivity index (χ0n) is 24.4. The Morgan fingerprint density at radius 2 is 1.77 bits per heavy atom. The van der Waals surface area contributed by atoms with Crippen molar-refractivity contribution in [2.24, 2.45) is 4.99 Å². The molecule has 1 amide bonds. The van der Waals surface area contributed by atoms with Gasteiger partial charge in [-0.3, -0.25) is 14.2 Å². The zero-order chi connectivity index (χ0) is 31.1. The van der Waals surface area contributed by atoms with Gasteiger partial charge in [0.1, 0.15) is 22.1 Å². The van der Waals surface area contributed by atoms with Gasteiger partial charge in [0.25, 0.3) is 11.5 Å². The van der Waals surface area contributed by atoms with Crippen LogP contribution in [0.5, 0.6) is 11.5 Å².